The lowest BCUT2D eigenvalue weighted by atomic mass is 9.86. The van der Waals surface area contributed by atoms with Gasteiger partial charge in [-0.05, 0) is 38.0 Å². The van der Waals surface area contributed by atoms with Crippen molar-refractivity contribution in [3.05, 3.63) is 24.8 Å². The zero-order valence-electron chi connectivity index (χ0n) is 14.0. The molecule has 0 bridgehead atoms. The zero-order chi connectivity index (χ0) is 15.3. The van der Waals surface area contributed by atoms with Crippen LogP contribution < -0.4 is 0 Å². The molecule has 0 aromatic carbocycles. The summed E-state index contributed by atoms with van der Waals surface area (Å²) in [7, 11) is 0. The largest absolute Gasteiger partial charge is 0.299 e. The second-order valence-electron chi connectivity index (χ2n) is 6.52. The molecule has 0 N–H and O–H groups in total. The van der Waals surface area contributed by atoms with Crippen molar-refractivity contribution >= 4 is 5.78 Å². The molecule has 0 amide bonds. The second kappa shape index (κ2) is 11.8. The fourth-order valence-electron chi connectivity index (χ4n) is 3.55. The maximum absolute atomic E-state index is 12.0. The normalized spacial score (nSPS) is 22.2. The van der Waals surface area contributed by atoms with Gasteiger partial charge < -0.3 is 0 Å². The Balaban J connectivity index is 2.17. The van der Waals surface area contributed by atoms with Crippen molar-refractivity contribution < 1.29 is 4.79 Å². The lowest BCUT2D eigenvalue weighted by Gasteiger charge is -2.18. The van der Waals surface area contributed by atoms with Gasteiger partial charge in [0.15, 0.2) is 0 Å². The maximum atomic E-state index is 12.0. The van der Waals surface area contributed by atoms with Crippen LogP contribution in [0.1, 0.15) is 84.0 Å². The van der Waals surface area contributed by atoms with E-state index >= 15 is 0 Å². The van der Waals surface area contributed by atoms with E-state index in [1.54, 1.807) is 0 Å². The summed E-state index contributed by atoms with van der Waals surface area (Å²) in [5, 5.41) is 0. The van der Waals surface area contributed by atoms with Crippen LogP contribution in [-0.2, 0) is 4.79 Å². The van der Waals surface area contributed by atoms with Crippen molar-refractivity contribution in [3.8, 4) is 0 Å². The Morgan fingerprint density at radius 1 is 1.10 bits per heavy atom. The summed E-state index contributed by atoms with van der Waals surface area (Å²) in [4.78, 5) is 12.0. The van der Waals surface area contributed by atoms with E-state index in [0.29, 0.717) is 17.6 Å². The molecule has 1 rings (SSSR count). The van der Waals surface area contributed by atoms with Gasteiger partial charge in [-0.2, -0.15) is 0 Å². The Bertz CT molecular complexity index is 316. The minimum atomic E-state index is 0.373. The third-order valence-electron chi connectivity index (χ3n) is 4.83. The minimum Gasteiger partial charge on any atom is -0.299 e. The SMILES string of the molecule is C=CC=CCCC[C@H]1C(=O)CC[C@@H]1CCCCCCCC. The molecule has 120 valence electrons. The minimum absolute atomic E-state index is 0.373. The molecular weight excluding hydrogens is 256 g/mol. The number of rotatable bonds is 12. The third kappa shape index (κ3) is 7.64. The summed E-state index contributed by atoms with van der Waals surface area (Å²) in [6.45, 7) is 5.94. The van der Waals surface area contributed by atoms with Crippen molar-refractivity contribution in [2.45, 2.75) is 84.0 Å². The summed E-state index contributed by atoms with van der Waals surface area (Å²) in [6, 6.07) is 0. The fourth-order valence-corrected chi connectivity index (χ4v) is 3.55. The second-order valence-corrected chi connectivity index (χ2v) is 6.52. The van der Waals surface area contributed by atoms with E-state index in [4.69, 9.17) is 0 Å². The monoisotopic (exact) mass is 290 g/mol. The van der Waals surface area contributed by atoms with E-state index in [1.165, 1.54) is 44.9 Å². The number of Topliss-reactive ketones (excluding diaryl/α,β-unsaturated/α-hetero) is 1. The number of unbranched alkanes of at least 4 members (excludes halogenated alkanes) is 6. The van der Waals surface area contributed by atoms with Crippen LogP contribution >= 0.6 is 0 Å². The quantitative estimate of drug-likeness (QED) is 0.307. The molecular formula is C20H34O. The van der Waals surface area contributed by atoms with Crippen molar-refractivity contribution in [1.82, 2.24) is 0 Å². The number of hydrogen-bond donors (Lipinski definition) is 0. The van der Waals surface area contributed by atoms with Crippen LogP contribution in [0, 0.1) is 11.8 Å². The zero-order valence-corrected chi connectivity index (χ0v) is 14.0. The first kappa shape index (κ1) is 18.2. The van der Waals surface area contributed by atoms with Crippen molar-refractivity contribution in [2.24, 2.45) is 11.8 Å². The molecule has 0 aromatic heterocycles. The van der Waals surface area contributed by atoms with E-state index in [2.05, 4.69) is 19.6 Å². The van der Waals surface area contributed by atoms with Crippen LogP contribution in [0.5, 0.6) is 0 Å². The molecule has 1 nitrogen and oxygen atoms in total. The molecule has 1 saturated carbocycles. The molecule has 2 atom stereocenters. The van der Waals surface area contributed by atoms with Crippen LogP contribution in [0.4, 0.5) is 0 Å². The molecule has 0 aliphatic heterocycles. The van der Waals surface area contributed by atoms with E-state index < -0.39 is 0 Å². The highest BCUT2D eigenvalue weighted by Gasteiger charge is 2.33. The molecule has 1 aliphatic carbocycles. The molecule has 0 heterocycles. The van der Waals surface area contributed by atoms with Gasteiger partial charge in [0.2, 0.25) is 0 Å². The van der Waals surface area contributed by atoms with Crippen LogP contribution in [-0.4, -0.2) is 5.78 Å². The predicted octanol–water partition coefficient (Wildman–Crippen LogP) is 6.24. The van der Waals surface area contributed by atoms with Crippen LogP contribution in [0.2, 0.25) is 0 Å². The molecule has 0 spiro atoms. The van der Waals surface area contributed by atoms with Crippen molar-refractivity contribution in [2.75, 3.05) is 0 Å². The Kier molecular flexibility index (Phi) is 10.2. The standard InChI is InChI=1S/C20H34O/c1-3-5-7-9-11-12-14-18-16-17-20(21)19(18)15-13-10-8-6-4-2/h4,6,8,18-19H,2-3,5,7,9-17H2,1H3/t18-,19+/m0/s1. The lowest BCUT2D eigenvalue weighted by Crippen LogP contribution is -2.14. The smallest absolute Gasteiger partial charge is 0.136 e. The lowest BCUT2D eigenvalue weighted by molar-refractivity contribution is -0.121. The fraction of sp³-hybridized carbons (Fsp3) is 0.750. The van der Waals surface area contributed by atoms with E-state index in [9.17, 15) is 4.79 Å². The average Bonchev–Trinajstić information content (AvgIpc) is 2.83. The number of ketones is 1. The van der Waals surface area contributed by atoms with Gasteiger partial charge in [0, 0.05) is 12.3 Å². The molecule has 1 fully saturated rings. The molecule has 0 unspecified atom stereocenters. The van der Waals surface area contributed by atoms with Crippen molar-refractivity contribution in [1.29, 1.82) is 0 Å². The maximum Gasteiger partial charge on any atom is 0.136 e. The van der Waals surface area contributed by atoms with E-state index in [0.717, 1.165) is 32.1 Å². The molecule has 0 aromatic rings. The predicted molar refractivity (Wildman–Crippen MR) is 92.4 cm³/mol. The van der Waals surface area contributed by atoms with Gasteiger partial charge in [-0.25, -0.2) is 0 Å². The number of carbonyl (C=O) groups is 1. The molecule has 0 radical (unpaired) electrons. The highest BCUT2D eigenvalue weighted by Crippen LogP contribution is 2.36. The molecule has 1 aliphatic rings. The Hall–Kier alpha value is -0.850. The Morgan fingerprint density at radius 3 is 2.62 bits per heavy atom. The van der Waals surface area contributed by atoms with Crippen LogP contribution in [0.3, 0.4) is 0 Å². The summed E-state index contributed by atoms with van der Waals surface area (Å²) in [5.41, 5.74) is 0. The summed E-state index contributed by atoms with van der Waals surface area (Å²) >= 11 is 0. The summed E-state index contributed by atoms with van der Waals surface area (Å²) in [6.07, 6.45) is 20.7. The van der Waals surface area contributed by atoms with E-state index in [-0.39, 0.29) is 0 Å². The summed E-state index contributed by atoms with van der Waals surface area (Å²) in [5.74, 6) is 1.60. The highest BCUT2D eigenvalue weighted by molar-refractivity contribution is 5.83. The van der Waals surface area contributed by atoms with E-state index in [1.807, 2.05) is 12.2 Å². The van der Waals surface area contributed by atoms with Gasteiger partial charge in [0.1, 0.15) is 5.78 Å². The topological polar surface area (TPSA) is 17.1 Å². The van der Waals surface area contributed by atoms with Gasteiger partial charge in [0.05, 0.1) is 0 Å². The van der Waals surface area contributed by atoms with Gasteiger partial charge in [-0.3, -0.25) is 4.79 Å². The third-order valence-corrected chi connectivity index (χ3v) is 4.83. The van der Waals surface area contributed by atoms with Gasteiger partial charge >= 0.3 is 0 Å². The number of carbonyl (C=O) groups excluding carboxylic acids is 1. The van der Waals surface area contributed by atoms with Crippen molar-refractivity contribution in [3.63, 3.8) is 0 Å². The van der Waals surface area contributed by atoms with Gasteiger partial charge in [-0.1, -0.05) is 70.3 Å². The van der Waals surface area contributed by atoms with Crippen LogP contribution in [0.25, 0.3) is 0 Å². The van der Waals surface area contributed by atoms with Gasteiger partial charge in [-0.15, -0.1) is 0 Å². The number of hydrogen-bond acceptors (Lipinski definition) is 1. The molecule has 21 heavy (non-hydrogen) atoms. The molecule has 0 saturated heterocycles. The Labute approximate surface area is 131 Å². The average molecular weight is 290 g/mol. The van der Waals surface area contributed by atoms with Crippen LogP contribution in [0.15, 0.2) is 24.8 Å². The number of allylic oxidation sites excluding steroid dienone is 3. The summed E-state index contributed by atoms with van der Waals surface area (Å²) < 4.78 is 0. The van der Waals surface area contributed by atoms with Gasteiger partial charge in [0.25, 0.3) is 0 Å². The Morgan fingerprint density at radius 2 is 1.86 bits per heavy atom. The first-order valence-electron chi connectivity index (χ1n) is 9.09. The molecule has 1 heteroatoms. The first-order chi connectivity index (χ1) is 10.3. The first-order valence-corrected chi connectivity index (χ1v) is 9.09. The highest BCUT2D eigenvalue weighted by atomic mass is 16.1.